The third-order valence-electron chi connectivity index (χ3n) is 7.55. The zero-order chi connectivity index (χ0) is 41.0. The largest absolute Gasteiger partial charge is 2.00 e. The summed E-state index contributed by atoms with van der Waals surface area (Å²) in [7, 11) is 3.01. The van der Waals surface area contributed by atoms with Gasteiger partial charge in [-0.15, -0.1) is 0 Å². The fraction of sp³-hybridized carbons (Fsp3) is 0.0476. The fourth-order valence-electron chi connectivity index (χ4n) is 4.79. The Kier molecular flexibility index (Phi) is 18.1. The van der Waals surface area contributed by atoms with Crippen LogP contribution in [0, 0.1) is 0 Å². The number of azo groups is 2. The van der Waals surface area contributed by atoms with E-state index in [0.717, 1.165) is 22.7 Å². The van der Waals surface area contributed by atoms with Gasteiger partial charge in [-0.1, -0.05) is 72.8 Å². The van der Waals surface area contributed by atoms with Crippen molar-refractivity contribution in [3.8, 4) is 23.0 Å². The molecule has 0 fully saturated rings. The number of hydrogen-bond acceptors (Lipinski definition) is 10. The van der Waals surface area contributed by atoms with Gasteiger partial charge in [-0.2, -0.15) is 30.7 Å². The van der Waals surface area contributed by atoms with Crippen molar-refractivity contribution in [2.45, 2.75) is 0 Å². The van der Waals surface area contributed by atoms with Crippen LogP contribution in [0.3, 0.4) is 0 Å². The van der Waals surface area contributed by atoms with Gasteiger partial charge in [-0.05, 0) is 85.1 Å². The molecule has 0 unspecified atom stereocenters. The van der Waals surface area contributed by atoms with Crippen LogP contribution in [0.25, 0.3) is 0 Å². The van der Waals surface area contributed by atoms with E-state index in [1.165, 1.54) is 26.6 Å². The molecule has 1 radical (unpaired) electrons. The predicted octanol–water partition coefficient (Wildman–Crippen LogP) is 9.74. The van der Waals surface area contributed by atoms with Gasteiger partial charge < -0.3 is 30.3 Å². The summed E-state index contributed by atoms with van der Waals surface area (Å²) in [6.45, 7) is 0. The minimum absolute atomic E-state index is 0. The molecule has 0 aliphatic carbocycles. The van der Waals surface area contributed by atoms with Crippen molar-refractivity contribution in [1.29, 1.82) is 0 Å². The first-order valence-electron chi connectivity index (χ1n) is 17.4. The molecule has 301 valence electrons. The molecule has 0 bridgehead atoms. The summed E-state index contributed by atoms with van der Waals surface area (Å²) in [5, 5.41) is 48.2. The Hall–Kier alpha value is -7.04. The SMILES string of the molecule is COc1cc(N=Nc2ccccc2)cc(C=NNC(=S)Nc2ccccc2)c1[OH2+].COc1cc(N=Nc2ccccc2)cc(C=NNC(=S)Nc2ccccc2)c1[OH2+].[Cu+2]. The quantitative estimate of drug-likeness (QED) is 0.0234. The first-order chi connectivity index (χ1) is 28.3. The van der Waals surface area contributed by atoms with E-state index in [2.05, 4.69) is 52.1 Å². The van der Waals surface area contributed by atoms with E-state index in [0.29, 0.717) is 44.2 Å². The Morgan fingerprint density at radius 3 is 1.15 bits per heavy atom. The van der Waals surface area contributed by atoms with Gasteiger partial charge in [0.1, 0.15) is 0 Å². The molecule has 14 nitrogen and oxygen atoms in total. The van der Waals surface area contributed by atoms with Gasteiger partial charge in [0.05, 0.1) is 60.5 Å². The number of benzene rings is 6. The second kappa shape index (κ2) is 23.9. The van der Waals surface area contributed by atoms with Crippen molar-refractivity contribution in [3.63, 3.8) is 0 Å². The molecular formula is C42H40CuN10O4S2+4. The maximum Gasteiger partial charge on any atom is 2.00 e. The topological polar surface area (TPSA) is 187 Å². The third-order valence-corrected chi connectivity index (χ3v) is 7.94. The number of anilines is 2. The summed E-state index contributed by atoms with van der Waals surface area (Å²) >= 11 is 10.4. The molecule has 0 atom stereocenters. The van der Waals surface area contributed by atoms with Crippen LogP contribution in [-0.2, 0) is 17.1 Å². The van der Waals surface area contributed by atoms with Crippen molar-refractivity contribution in [2.24, 2.45) is 30.7 Å². The van der Waals surface area contributed by atoms with Crippen LogP contribution in [-0.4, -0.2) is 47.1 Å². The van der Waals surface area contributed by atoms with Gasteiger partial charge in [-0.25, -0.2) is 0 Å². The Balaban J connectivity index is 0.000000256. The van der Waals surface area contributed by atoms with Crippen LogP contribution < -0.4 is 31.0 Å². The number of hydrogen-bond donors (Lipinski definition) is 4. The monoisotopic (exact) mass is 875 g/mol. The van der Waals surface area contributed by atoms with E-state index < -0.39 is 0 Å². The molecule has 6 rings (SSSR count). The molecule has 0 saturated heterocycles. The van der Waals surface area contributed by atoms with Crippen molar-refractivity contribution >= 4 is 81.2 Å². The molecule has 0 aromatic heterocycles. The van der Waals surface area contributed by atoms with Crippen molar-refractivity contribution in [1.82, 2.24) is 10.9 Å². The van der Waals surface area contributed by atoms with Crippen LogP contribution in [0.5, 0.6) is 23.0 Å². The van der Waals surface area contributed by atoms with Crippen LogP contribution >= 0.6 is 24.4 Å². The van der Waals surface area contributed by atoms with Crippen molar-refractivity contribution < 1.29 is 36.8 Å². The number of nitrogens with zero attached hydrogens (tertiary/aromatic N) is 6. The number of hydrazone groups is 2. The van der Waals surface area contributed by atoms with Gasteiger partial charge in [0.2, 0.25) is 11.5 Å². The molecule has 0 saturated carbocycles. The number of para-hydroxylation sites is 2. The zero-order valence-corrected chi connectivity index (χ0v) is 34.2. The average molecular weight is 877 g/mol. The summed E-state index contributed by atoms with van der Waals surface area (Å²) < 4.78 is 10.6. The normalized spacial score (nSPS) is 10.7. The Bertz CT molecular complexity index is 2220. The van der Waals surface area contributed by atoms with Crippen LogP contribution in [0.15, 0.2) is 176 Å². The van der Waals surface area contributed by atoms with Crippen molar-refractivity contribution in [2.75, 3.05) is 24.9 Å². The zero-order valence-electron chi connectivity index (χ0n) is 31.6. The molecular weight excluding hydrogens is 836 g/mol. The van der Waals surface area contributed by atoms with Gasteiger partial charge in [0.15, 0.2) is 10.2 Å². The molecule has 6 aromatic carbocycles. The van der Waals surface area contributed by atoms with Gasteiger partial charge in [0, 0.05) is 23.5 Å². The number of thiocarbonyl (C=S) groups is 2. The summed E-state index contributed by atoms with van der Waals surface area (Å²) in [4.78, 5) is 0. The smallest absolute Gasteiger partial charge is 0.590 e. The maximum atomic E-state index is 8.24. The van der Waals surface area contributed by atoms with Gasteiger partial charge in [-0.3, -0.25) is 10.9 Å². The number of ether oxygens (including phenoxy) is 2. The molecule has 6 aromatic rings. The number of rotatable bonds is 12. The molecule has 17 heteroatoms. The Morgan fingerprint density at radius 1 is 0.492 bits per heavy atom. The molecule has 8 N–H and O–H groups in total. The Morgan fingerprint density at radius 2 is 0.814 bits per heavy atom. The van der Waals surface area contributed by atoms with E-state index in [1.54, 1.807) is 24.3 Å². The number of nitrogens with one attached hydrogen (secondary N) is 4. The molecule has 0 aliphatic rings. The van der Waals surface area contributed by atoms with E-state index in [4.69, 9.17) is 44.1 Å². The fourth-order valence-corrected chi connectivity index (χ4v) is 5.13. The molecule has 0 spiro atoms. The summed E-state index contributed by atoms with van der Waals surface area (Å²) in [5.74, 6) is 1.14. The molecule has 0 heterocycles. The predicted molar refractivity (Wildman–Crippen MR) is 240 cm³/mol. The van der Waals surface area contributed by atoms with E-state index in [1.807, 2.05) is 121 Å². The average Bonchev–Trinajstić information content (AvgIpc) is 3.25. The Labute approximate surface area is 362 Å². The minimum Gasteiger partial charge on any atom is -0.590 e. The number of methoxy groups -OCH3 is 2. The van der Waals surface area contributed by atoms with E-state index >= 15 is 0 Å². The molecule has 0 aliphatic heterocycles. The first kappa shape index (κ1) is 44.7. The maximum absolute atomic E-state index is 8.24. The summed E-state index contributed by atoms with van der Waals surface area (Å²) in [6, 6.07) is 44.5. The van der Waals surface area contributed by atoms with Gasteiger partial charge >= 0.3 is 28.6 Å². The minimum atomic E-state index is 0. The van der Waals surface area contributed by atoms with Crippen LogP contribution in [0.2, 0.25) is 0 Å². The van der Waals surface area contributed by atoms with Crippen LogP contribution in [0.4, 0.5) is 34.1 Å². The van der Waals surface area contributed by atoms with Crippen molar-refractivity contribution in [3.05, 3.63) is 157 Å². The third kappa shape index (κ3) is 14.8. The summed E-state index contributed by atoms with van der Waals surface area (Å²) in [5.41, 5.74) is 10.8. The van der Waals surface area contributed by atoms with E-state index in [-0.39, 0.29) is 28.6 Å². The summed E-state index contributed by atoms with van der Waals surface area (Å²) in [6.07, 6.45) is 2.98. The first-order valence-corrected chi connectivity index (χ1v) is 18.2. The van der Waals surface area contributed by atoms with Gasteiger partial charge in [0.25, 0.3) is 0 Å². The standard InChI is InChI=1S/2C21H19N5O2S.Cu/c2*1-28-19-13-18(25-24-17-10-6-3-7-11-17)12-15(20(19)27)14-22-26-21(29)23-16-8-4-2-5-9-16;/h2*2-14,27H,1H3,(H2,23,26,29);/q;;+2/p+2. The second-order valence-electron chi connectivity index (χ2n) is 11.7. The molecule has 59 heavy (non-hydrogen) atoms. The van der Waals surface area contributed by atoms with E-state index in [9.17, 15) is 0 Å². The second-order valence-corrected chi connectivity index (χ2v) is 12.5. The molecule has 0 amide bonds. The van der Waals surface area contributed by atoms with Crippen LogP contribution in [0.1, 0.15) is 11.1 Å².